The molecule has 0 saturated carbocycles. The molecular weight excluding hydrogens is 819 g/mol. The van der Waals surface area contributed by atoms with Crippen LogP contribution >= 0.6 is 23.2 Å². The quantitative estimate of drug-likeness (QED) is 0.0875. The first-order chi connectivity index (χ1) is 28.1. The van der Waals surface area contributed by atoms with Crippen molar-refractivity contribution in [2.75, 3.05) is 32.2 Å². The molecule has 18 heteroatoms. The molecule has 3 saturated heterocycles. The number of ether oxygens (including phenoxy) is 3. The normalized spacial score (nSPS) is 18.4. The maximum Gasteiger partial charge on any atom is 0.418 e. The molecule has 2 aromatic heterocycles. The molecule has 5 heterocycles. The van der Waals surface area contributed by atoms with Crippen molar-refractivity contribution < 1.29 is 41.7 Å². The second kappa shape index (κ2) is 16.7. The minimum atomic E-state index is -5.06. The van der Waals surface area contributed by atoms with Crippen LogP contribution < -0.4 is 30.0 Å². The zero-order valence-electron chi connectivity index (χ0n) is 32.3. The van der Waals surface area contributed by atoms with Gasteiger partial charge in [0, 0.05) is 38.3 Å². The van der Waals surface area contributed by atoms with Crippen molar-refractivity contribution in [3.8, 4) is 28.5 Å². The van der Waals surface area contributed by atoms with Crippen LogP contribution in [0.2, 0.25) is 10.3 Å². The number of hydrogen-bond donors (Lipinski definition) is 3. The summed E-state index contributed by atoms with van der Waals surface area (Å²) in [6, 6.07) is 14.8. The second-order valence-electron chi connectivity index (χ2n) is 14.7. The Kier molecular flexibility index (Phi) is 11.9. The monoisotopic (exact) mass is 858 g/mol. The van der Waals surface area contributed by atoms with Gasteiger partial charge in [-0.15, -0.1) is 0 Å². The average Bonchev–Trinajstić information content (AvgIpc) is 3.52. The molecule has 2 bridgehead atoms. The van der Waals surface area contributed by atoms with E-state index in [1.54, 1.807) is 36.1 Å². The van der Waals surface area contributed by atoms with Crippen LogP contribution in [-0.4, -0.2) is 76.5 Å². The number of fused-ring (bicyclic) bond motifs is 5. The van der Waals surface area contributed by atoms with E-state index in [0.29, 0.717) is 30.9 Å². The molecule has 3 N–H and O–H groups in total. The molecule has 0 spiro atoms. The molecule has 1 amide bonds. The number of alkyl halides is 3. The standard InChI is InChI=1S/C41H40Cl2F4N6O6/c1-20-15-28(52(17-22-5-11-26(57-3)12-6-22)18-23-7-13-27(58-4)14-8-23)49-35(31(20)41(45,46)47)29-32(42)37(30-36(33(29)44)50-39(43)51-38(30)54)59-21(2)34-24-9-10-25(16-48-34)53(19-24)40(55)56/h5-8,11-15,21,24-25,34,48H,9-10,16-19H2,1-4H3,(H,55,56)(H,50,51,54)/t21-,24+,25+,34+/m0/s1. The Morgan fingerprint density at radius 2 is 1.63 bits per heavy atom. The molecule has 0 radical (unpaired) electrons. The van der Waals surface area contributed by atoms with Crippen molar-refractivity contribution in [1.82, 2.24) is 25.2 Å². The van der Waals surface area contributed by atoms with E-state index in [1.165, 1.54) is 32.1 Å². The van der Waals surface area contributed by atoms with E-state index in [1.807, 2.05) is 24.3 Å². The number of H-pyrrole nitrogens is 1. The molecule has 312 valence electrons. The van der Waals surface area contributed by atoms with Gasteiger partial charge in [0.25, 0.3) is 5.56 Å². The zero-order valence-corrected chi connectivity index (χ0v) is 33.8. The van der Waals surface area contributed by atoms with Gasteiger partial charge in [-0.25, -0.2) is 19.2 Å². The number of nitrogens with zero attached hydrogens (tertiary/aromatic N) is 4. The summed E-state index contributed by atoms with van der Waals surface area (Å²) >= 11 is 13.1. The lowest BCUT2D eigenvalue weighted by Crippen LogP contribution is -2.48. The third-order valence-corrected chi connectivity index (χ3v) is 11.5. The topological polar surface area (TPSA) is 142 Å². The lowest BCUT2D eigenvalue weighted by Gasteiger charge is -2.36. The van der Waals surface area contributed by atoms with Gasteiger partial charge in [-0.1, -0.05) is 35.9 Å². The number of pyridine rings is 1. The Morgan fingerprint density at radius 3 is 2.19 bits per heavy atom. The van der Waals surface area contributed by atoms with E-state index < -0.39 is 79.6 Å². The van der Waals surface area contributed by atoms with Crippen LogP contribution in [0.3, 0.4) is 0 Å². The van der Waals surface area contributed by atoms with Gasteiger partial charge < -0.3 is 34.4 Å². The number of halogens is 6. The Balaban J connectivity index is 1.40. The van der Waals surface area contributed by atoms with Crippen molar-refractivity contribution in [1.29, 1.82) is 0 Å². The minimum Gasteiger partial charge on any atom is -0.497 e. The number of aromatic nitrogens is 3. The summed E-state index contributed by atoms with van der Waals surface area (Å²) in [6.45, 7) is 3.75. The van der Waals surface area contributed by atoms with Crippen LogP contribution in [0.25, 0.3) is 22.2 Å². The Labute approximate surface area is 346 Å². The summed E-state index contributed by atoms with van der Waals surface area (Å²) in [4.78, 5) is 39.4. The molecule has 0 aliphatic carbocycles. The summed E-state index contributed by atoms with van der Waals surface area (Å²) in [7, 11) is 3.06. The van der Waals surface area contributed by atoms with Crippen molar-refractivity contribution in [2.45, 2.75) is 64.1 Å². The second-order valence-corrected chi connectivity index (χ2v) is 15.4. The van der Waals surface area contributed by atoms with Gasteiger partial charge in [-0.2, -0.15) is 13.2 Å². The first kappa shape index (κ1) is 41.8. The van der Waals surface area contributed by atoms with E-state index in [0.717, 1.165) is 11.1 Å². The van der Waals surface area contributed by atoms with Gasteiger partial charge in [0.15, 0.2) is 11.6 Å². The van der Waals surface area contributed by atoms with E-state index in [9.17, 15) is 14.7 Å². The first-order valence-electron chi connectivity index (χ1n) is 18.7. The van der Waals surface area contributed by atoms with Gasteiger partial charge in [-0.05, 0) is 91.2 Å². The number of rotatable bonds is 11. The molecule has 3 fully saturated rings. The predicted molar refractivity (Wildman–Crippen MR) is 214 cm³/mol. The van der Waals surface area contributed by atoms with Crippen molar-refractivity contribution in [2.24, 2.45) is 5.92 Å². The number of aromatic amines is 1. The molecule has 12 nitrogen and oxygen atoms in total. The summed E-state index contributed by atoms with van der Waals surface area (Å²) in [5, 5.41) is 11.5. The number of methoxy groups -OCH3 is 2. The highest BCUT2D eigenvalue weighted by Crippen LogP contribution is 2.48. The number of nitrogens with one attached hydrogen (secondary N) is 2. The van der Waals surface area contributed by atoms with Crippen LogP contribution in [0, 0.1) is 18.7 Å². The van der Waals surface area contributed by atoms with Crippen LogP contribution in [0.4, 0.5) is 28.2 Å². The van der Waals surface area contributed by atoms with E-state index >= 15 is 17.6 Å². The first-order valence-corrected chi connectivity index (χ1v) is 19.4. The fraction of sp³-hybridized carbons (Fsp3) is 0.366. The van der Waals surface area contributed by atoms with Crippen molar-refractivity contribution in [3.63, 3.8) is 0 Å². The number of aryl methyl sites for hydroxylation is 1. The van der Waals surface area contributed by atoms with E-state index in [2.05, 4.69) is 20.3 Å². The Hall–Kier alpha value is -5.32. The molecule has 3 aliphatic heterocycles. The highest BCUT2D eigenvalue weighted by atomic mass is 35.5. The molecule has 0 unspecified atom stereocenters. The summed E-state index contributed by atoms with van der Waals surface area (Å²) < 4.78 is 79.7. The number of amides is 1. The highest BCUT2D eigenvalue weighted by molar-refractivity contribution is 6.36. The molecular formula is C41H40Cl2F4N6O6. The molecule has 3 aliphatic rings. The predicted octanol–water partition coefficient (Wildman–Crippen LogP) is 8.48. The minimum absolute atomic E-state index is 0.0573. The number of anilines is 1. The van der Waals surface area contributed by atoms with Crippen molar-refractivity contribution in [3.05, 3.63) is 103 Å². The molecule has 4 atom stereocenters. The smallest absolute Gasteiger partial charge is 0.418 e. The van der Waals surface area contributed by atoms with Gasteiger partial charge in [-0.3, -0.25) is 9.78 Å². The summed E-state index contributed by atoms with van der Waals surface area (Å²) in [5.74, 6) is -0.762. The van der Waals surface area contributed by atoms with Gasteiger partial charge in [0.05, 0.1) is 36.1 Å². The van der Waals surface area contributed by atoms with Crippen LogP contribution in [-0.2, 0) is 19.3 Å². The van der Waals surface area contributed by atoms with Gasteiger partial charge in [0.2, 0.25) is 5.28 Å². The molecule has 8 rings (SSSR count). The fourth-order valence-corrected chi connectivity index (χ4v) is 8.57. The maximum absolute atomic E-state index is 17.1. The van der Waals surface area contributed by atoms with Gasteiger partial charge >= 0.3 is 12.3 Å². The molecule has 3 aromatic carbocycles. The third-order valence-electron chi connectivity index (χ3n) is 11.0. The molecule has 5 aromatic rings. The lowest BCUT2D eigenvalue weighted by atomic mass is 9.88. The number of hydrogen-bond acceptors (Lipinski definition) is 9. The number of carboxylic acid groups (broad SMARTS) is 1. The highest BCUT2D eigenvalue weighted by Gasteiger charge is 2.43. The van der Waals surface area contributed by atoms with Crippen LogP contribution in [0.15, 0.2) is 59.4 Å². The Morgan fingerprint density at radius 1 is 1.02 bits per heavy atom. The number of carbonyl (C=O) groups is 1. The Bertz CT molecular complexity index is 2390. The van der Waals surface area contributed by atoms with Crippen molar-refractivity contribution >= 4 is 46.0 Å². The SMILES string of the molecule is COc1ccc(CN(Cc2ccc(OC)cc2)c2cc(C)c(C(F)(F)F)c(-c3c(Cl)c(O[C@@H](C)[C@H]4NC[C@H]5CC[C@@H]4CN5C(=O)O)c4c(=O)[nH]c(Cl)nc4c3F)n2)cc1. The van der Waals surface area contributed by atoms with Crippen LogP contribution in [0.5, 0.6) is 17.2 Å². The van der Waals surface area contributed by atoms with E-state index in [4.69, 9.17) is 37.4 Å². The molecule has 59 heavy (non-hydrogen) atoms. The van der Waals surface area contributed by atoms with Crippen LogP contribution in [0.1, 0.15) is 42.0 Å². The largest absolute Gasteiger partial charge is 0.497 e. The fourth-order valence-electron chi connectivity index (χ4n) is 8.09. The summed E-state index contributed by atoms with van der Waals surface area (Å²) in [5.41, 5.74) is -3.29. The van der Waals surface area contributed by atoms with Gasteiger partial charge in [0.1, 0.15) is 34.3 Å². The maximum atomic E-state index is 17.1. The average molecular weight is 860 g/mol. The summed E-state index contributed by atoms with van der Waals surface area (Å²) in [6.07, 6.45) is -5.70. The third kappa shape index (κ3) is 8.43. The number of piperidine rings is 1. The number of benzene rings is 3. The zero-order chi connectivity index (χ0) is 42.3. The lowest BCUT2D eigenvalue weighted by molar-refractivity contribution is -0.137. The van der Waals surface area contributed by atoms with E-state index in [-0.39, 0.29) is 43.0 Å².